The summed E-state index contributed by atoms with van der Waals surface area (Å²) in [5.41, 5.74) is 1.12. The predicted molar refractivity (Wildman–Crippen MR) is 164 cm³/mol. The number of aryl methyl sites for hydroxylation is 1. The van der Waals surface area contributed by atoms with Gasteiger partial charge in [0, 0.05) is 17.9 Å². The van der Waals surface area contributed by atoms with Crippen LogP contribution in [0.5, 0.6) is 0 Å². The van der Waals surface area contributed by atoms with Gasteiger partial charge in [-0.1, -0.05) is 134 Å². The molecule has 0 saturated heterocycles. The number of rotatable bonds is 14. The summed E-state index contributed by atoms with van der Waals surface area (Å²) in [7, 11) is -3.66. The molecule has 0 heterocycles. The number of unbranched alkanes of at least 4 members (excludes halogenated alkanes) is 1. The molecule has 6 nitrogen and oxygen atoms in total. The van der Waals surface area contributed by atoms with Crippen LogP contribution in [0.3, 0.4) is 0 Å². The van der Waals surface area contributed by atoms with E-state index in [1.54, 1.807) is 30.3 Å². The largest absolute Gasteiger partial charge is 0.458 e. The molecule has 0 amide bonds. The van der Waals surface area contributed by atoms with Gasteiger partial charge in [-0.3, -0.25) is 9.09 Å². The normalized spacial score (nSPS) is 12.7. The van der Waals surface area contributed by atoms with Crippen LogP contribution in [-0.4, -0.2) is 18.1 Å². The Bertz CT molecular complexity index is 1420. The van der Waals surface area contributed by atoms with Gasteiger partial charge in [0.25, 0.3) is 5.60 Å². The first-order valence-electron chi connectivity index (χ1n) is 14.2. The van der Waals surface area contributed by atoms with Crippen LogP contribution in [-0.2, 0) is 53.1 Å². The van der Waals surface area contributed by atoms with Crippen LogP contribution < -0.4 is 0 Å². The minimum absolute atomic E-state index is 0.0554. The van der Waals surface area contributed by atoms with Crippen molar-refractivity contribution in [3.8, 4) is 0 Å². The Labute approximate surface area is 248 Å². The van der Waals surface area contributed by atoms with Crippen molar-refractivity contribution >= 4 is 19.3 Å². The summed E-state index contributed by atoms with van der Waals surface area (Å²) < 4.78 is 32.7. The minimum Gasteiger partial charge on any atom is -0.458 e. The Morgan fingerprint density at radius 2 is 1.14 bits per heavy atom. The van der Waals surface area contributed by atoms with Gasteiger partial charge in [-0.2, -0.15) is 0 Å². The molecule has 0 aliphatic heterocycles. The summed E-state index contributed by atoms with van der Waals surface area (Å²) in [4.78, 5) is 28.3. The molecule has 0 N–H and O–H groups in total. The average molecular weight is 585 g/mol. The summed E-state index contributed by atoms with van der Waals surface area (Å²) in [5.74, 6) is -1.95. The molecular weight excluding hydrogens is 547 g/mol. The summed E-state index contributed by atoms with van der Waals surface area (Å²) in [6, 6.07) is 34.3. The summed E-state index contributed by atoms with van der Waals surface area (Å²) in [6.45, 7) is 3.77. The topological polar surface area (TPSA) is 78.9 Å². The molecule has 218 valence electrons. The molecule has 0 radical (unpaired) electrons. The molecule has 42 heavy (non-hydrogen) atoms. The number of carbonyl (C=O) groups is 2. The fourth-order valence-corrected chi connectivity index (χ4v) is 7.18. The molecule has 0 aliphatic rings. The van der Waals surface area contributed by atoms with Crippen LogP contribution >= 0.6 is 7.37 Å². The van der Waals surface area contributed by atoms with Crippen molar-refractivity contribution in [1.82, 2.24) is 0 Å². The maximum atomic E-state index is 14.7. The van der Waals surface area contributed by atoms with E-state index in [9.17, 15) is 14.2 Å². The van der Waals surface area contributed by atoms with E-state index in [-0.39, 0.29) is 31.1 Å². The number of benzene rings is 4. The Morgan fingerprint density at radius 1 is 0.667 bits per heavy atom. The van der Waals surface area contributed by atoms with E-state index >= 15 is 0 Å². The van der Waals surface area contributed by atoms with Gasteiger partial charge in [0.2, 0.25) is 7.37 Å². The zero-order chi connectivity index (χ0) is 29.8. The van der Waals surface area contributed by atoms with E-state index in [2.05, 4.69) is 0 Å². The first-order chi connectivity index (χ1) is 20.3. The molecule has 4 aromatic rings. The maximum absolute atomic E-state index is 14.7. The molecule has 0 fully saturated rings. The lowest BCUT2D eigenvalue weighted by molar-refractivity contribution is -0.183. The minimum atomic E-state index is -3.66. The fourth-order valence-electron chi connectivity index (χ4n) is 4.55. The van der Waals surface area contributed by atoms with Gasteiger partial charge < -0.3 is 9.47 Å². The third kappa shape index (κ3) is 8.06. The lowest BCUT2D eigenvalue weighted by Crippen LogP contribution is -2.48. The molecule has 1 unspecified atom stereocenters. The quantitative estimate of drug-likeness (QED) is 0.0850. The van der Waals surface area contributed by atoms with E-state index in [0.717, 1.165) is 28.7 Å². The average Bonchev–Trinajstić information content (AvgIpc) is 3.03. The third-order valence-corrected chi connectivity index (χ3v) is 9.33. The molecule has 4 aromatic carbocycles. The molecular formula is C35H37O6P. The number of hydrogen-bond acceptors (Lipinski definition) is 6. The van der Waals surface area contributed by atoms with E-state index in [0.29, 0.717) is 6.42 Å². The van der Waals surface area contributed by atoms with Gasteiger partial charge in [0.05, 0.1) is 0 Å². The monoisotopic (exact) mass is 584 g/mol. The van der Waals surface area contributed by atoms with Crippen molar-refractivity contribution in [2.75, 3.05) is 6.16 Å². The smallest absolute Gasteiger partial charge is 0.355 e. The van der Waals surface area contributed by atoms with E-state index in [1.807, 2.05) is 98.8 Å². The van der Waals surface area contributed by atoms with Gasteiger partial charge >= 0.3 is 11.9 Å². The fraction of sp³-hybridized carbons (Fsp3) is 0.257. The Morgan fingerprint density at radius 3 is 1.62 bits per heavy atom. The zero-order valence-corrected chi connectivity index (χ0v) is 25.0. The predicted octanol–water partition coefficient (Wildman–Crippen LogP) is 7.97. The summed E-state index contributed by atoms with van der Waals surface area (Å²) in [6.07, 6.45) is 1.59. The highest BCUT2D eigenvalue weighted by atomic mass is 31.2. The second kappa shape index (κ2) is 14.8. The van der Waals surface area contributed by atoms with E-state index < -0.39 is 24.9 Å². The maximum Gasteiger partial charge on any atom is 0.355 e. The Kier molecular flexibility index (Phi) is 10.9. The summed E-state index contributed by atoms with van der Waals surface area (Å²) >= 11 is 0. The van der Waals surface area contributed by atoms with Gasteiger partial charge in [-0.05, 0) is 30.0 Å². The molecule has 0 bridgehead atoms. The van der Waals surface area contributed by atoms with Crippen LogP contribution in [0.15, 0.2) is 115 Å². The van der Waals surface area contributed by atoms with Crippen LogP contribution in [0.1, 0.15) is 47.6 Å². The molecule has 0 saturated carbocycles. The highest BCUT2D eigenvalue weighted by molar-refractivity contribution is 7.58. The number of esters is 2. The summed E-state index contributed by atoms with van der Waals surface area (Å²) in [5, 5.41) is 0. The van der Waals surface area contributed by atoms with Crippen molar-refractivity contribution in [3.63, 3.8) is 0 Å². The third-order valence-electron chi connectivity index (χ3n) is 6.88. The second-order valence-corrected chi connectivity index (χ2v) is 12.9. The number of carbonyl (C=O) groups excluding carboxylic acids is 2. The molecule has 4 rings (SSSR count). The van der Waals surface area contributed by atoms with Crippen molar-refractivity contribution in [2.24, 2.45) is 0 Å². The Balaban J connectivity index is 1.78. The highest BCUT2D eigenvalue weighted by Gasteiger charge is 2.56. The lowest BCUT2D eigenvalue weighted by atomic mass is 9.94. The van der Waals surface area contributed by atoms with Gasteiger partial charge in [-0.25, -0.2) is 9.59 Å². The molecule has 1 atom stereocenters. The van der Waals surface area contributed by atoms with Crippen molar-refractivity contribution in [3.05, 3.63) is 143 Å². The molecule has 7 heteroatoms. The van der Waals surface area contributed by atoms with Gasteiger partial charge in [0.1, 0.15) is 13.2 Å². The lowest BCUT2D eigenvalue weighted by Gasteiger charge is -2.33. The van der Waals surface area contributed by atoms with E-state index in [1.165, 1.54) is 0 Å². The molecule has 0 spiro atoms. The van der Waals surface area contributed by atoms with Crippen LogP contribution in [0.4, 0.5) is 0 Å². The van der Waals surface area contributed by atoms with E-state index in [4.69, 9.17) is 14.0 Å². The van der Waals surface area contributed by atoms with Gasteiger partial charge in [-0.15, -0.1) is 0 Å². The van der Waals surface area contributed by atoms with Crippen molar-refractivity contribution < 1.29 is 28.2 Å². The highest BCUT2D eigenvalue weighted by Crippen LogP contribution is 2.57. The number of hydrogen-bond donors (Lipinski definition) is 0. The Hall–Kier alpha value is -3.99. The van der Waals surface area contributed by atoms with Crippen LogP contribution in [0.25, 0.3) is 0 Å². The SMILES string of the molecule is CCCCP(=O)(Cc1ccc(C)cc1)OC(C(=O)OCc1ccccc1)(C(=O)OCc1ccccc1)c1ccccc1. The van der Waals surface area contributed by atoms with Crippen LogP contribution in [0, 0.1) is 6.92 Å². The zero-order valence-electron chi connectivity index (χ0n) is 24.1. The van der Waals surface area contributed by atoms with Crippen LogP contribution in [0.2, 0.25) is 0 Å². The van der Waals surface area contributed by atoms with Crippen molar-refractivity contribution in [1.29, 1.82) is 0 Å². The molecule has 0 aliphatic carbocycles. The standard InChI is InChI=1S/C35H37O6P/c1-3-4-24-42(38,27-31-22-20-28(2)21-23-31)41-35(32-18-12-7-13-19-32,33(36)39-25-29-14-8-5-9-15-29)34(37)40-26-30-16-10-6-11-17-30/h5-23H,3-4,24-27H2,1-2H3. The first-order valence-corrected chi connectivity index (χ1v) is 16.2. The van der Waals surface area contributed by atoms with Gasteiger partial charge in [0.15, 0.2) is 0 Å². The first kappa shape index (κ1) is 31.0. The van der Waals surface area contributed by atoms with Crippen molar-refractivity contribution in [2.45, 2.75) is 51.7 Å². The number of ether oxygens (including phenoxy) is 2. The molecule has 0 aromatic heterocycles. The second-order valence-electron chi connectivity index (χ2n) is 10.3.